The van der Waals surface area contributed by atoms with Gasteiger partial charge >= 0.3 is 0 Å². The van der Waals surface area contributed by atoms with Gasteiger partial charge in [0.25, 0.3) is 0 Å². The Bertz CT molecular complexity index is 403. The van der Waals surface area contributed by atoms with E-state index >= 15 is 0 Å². The summed E-state index contributed by atoms with van der Waals surface area (Å²) in [5, 5.41) is 3.20. The van der Waals surface area contributed by atoms with Gasteiger partial charge in [0.2, 0.25) is 5.91 Å². The number of amides is 1. The van der Waals surface area contributed by atoms with Gasteiger partial charge in [-0.1, -0.05) is 20.8 Å². The first-order valence-corrected chi connectivity index (χ1v) is 8.66. The standard InChI is InChI=1S/C17H28ClNO/c1-12(7-18)8-19-14(20)17-6-13-4-15(2,10-17)9-16(3,5-13)11-17/h12-13H,4-11H2,1-3H3,(H,19,20). The van der Waals surface area contributed by atoms with Crippen LogP contribution in [-0.2, 0) is 4.79 Å². The highest BCUT2D eigenvalue weighted by molar-refractivity contribution is 6.18. The Labute approximate surface area is 128 Å². The van der Waals surface area contributed by atoms with Crippen molar-refractivity contribution in [2.75, 3.05) is 12.4 Å². The number of hydrogen-bond donors (Lipinski definition) is 1. The predicted octanol–water partition coefficient (Wildman–Crippen LogP) is 3.97. The molecule has 4 rings (SSSR count). The zero-order chi connectivity index (χ0) is 14.6. The number of carbonyl (C=O) groups excluding carboxylic acids is 1. The summed E-state index contributed by atoms with van der Waals surface area (Å²) >= 11 is 5.85. The van der Waals surface area contributed by atoms with E-state index in [0.717, 1.165) is 31.7 Å². The summed E-state index contributed by atoms with van der Waals surface area (Å²) < 4.78 is 0. The Hall–Kier alpha value is -0.240. The second kappa shape index (κ2) is 4.63. The highest BCUT2D eigenvalue weighted by Crippen LogP contribution is 2.69. The van der Waals surface area contributed by atoms with E-state index in [4.69, 9.17) is 11.6 Å². The molecule has 114 valence electrons. The molecule has 1 N–H and O–H groups in total. The van der Waals surface area contributed by atoms with Crippen LogP contribution in [0, 0.1) is 28.1 Å². The highest BCUT2D eigenvalue weighted by atomic mass is 35.5. The quantitative estimate of drug-likeness (QED) is 0.782. The fourth-order valence-corrected chi connectivity index (χ4v) is 6.32. The van der Waals surface area contributed by atoms with E-state index < -0.39 is 0 Å². The molecule has 3 atom stereocenters. The van der Waals surface area contributed by atoms with Crippen LogP contribution in [0.5, 0.6) is 0 Å². The molecule has 2 nitrogen and oxygen atoms in total. The third-order valence-electron chi connectivity index (χ3n) is 5.98. The third-order valence-corrected chi connectivity index (χ3v) is 6.51. The van der Waals surface area contributed by atoms with Crippen LogP contribution in [0.15, 0.2) is 0 Å². The van der Waals surface area contributed by atoms with E-state index in [1.165, 1.54) is 19.3 Å². The Balaban J connectivity index is 1.77. The molecule has 0 saturated heterocycles. The maximum Gasteiger partial charge on any atom is 0.226 e. The van der Waals surface area contributed by atoms with Gasteiger partial charge in [0, 0.05) is 12.4 Å². The molecule has 20 heavy (non-hydrogen) atoms. The normalized spacial score (nSPS) is 47.3. The van der Waals surface area contributed by atoms with Gasteiger partial charge in [0.05, 0.1) is 5.41 Å². The molecule has 0 radical (unpaired) electrons. The lowest BCUT2D eigenvalue weighted by atomic mass is 9.40. The lowest BCUT2D eigenvalue weighted by Crippen LogP contribution is -2.60. The number of alkyl halides is 1. The van der Waals surface area contributed by atoms with Crippen molar-refractivity contribution < 1.29 is 4.79 Å². The second-order valence-electron chi connectivity index (χ2n) is 8.88. The van der Waals surface area contributed by atoms with Gasteiger partial charge in [0.15, 0.2) is 0 Å². The van der Waals surface area contributed by atoms with Gasteiger partial charge in [-0.25, -0.2) is 0 Å². The van der Waals surface area contributed by atoms with Crippen molar-refractivity contribution in [3.8, 4) is 0 Å². The minimum absolute atomic E-state index is 0.0745. The molecule has 4 fully saturated rings. The zero-order valence-electron chi connectivity index (χ0n) is 13.1. The maximum absolute atomic E-state index is 12.8. The number of halogens is 1. The van der Waals surface area contributed by atoms with E-state index in [0.29, 0.717) is 28.5 Å². The molecule has 0 aromatic heterocycles. The van der Waals surface area contributed by atoms with Crippen molar-refractivity contribution in [3.63, 3.8) is 0 Å². The molecule has 0 aromatic carbocycles. The molecule has 1 amide bonds. The van der Waals surface area contributed by atoms with Gasteiger partial charge in [-0.15, -0.1) is 11.6 Å². The second-order valence-corrected chi connectivity index (χ2v) is 9.19. The lowest BCUT2D eigenvalue weighted by molar-refractivity contribution is -0.170. The highest BCUT2D eigenvalue weighted by Gasteiger charge is 2.62. The topological polar surface area (TPSA) is 29.1 Å². The SMILES string of the molecule is CC(CCl)CNC(=O)C12CC3CC(C)(CC(C)(C3)C1)C2. The average Bonchev–Trinajstić information content (AvgIpc) is 2.30. The van der Waals surface area contributed by atoms with Crippen LogP contribution in [0.25, 0.3) is 0 Å². The monoisotopic (exact) mass is 297 g/mol. The minimum atomic E-state index is -0.0745. The minimum Gasteiger partial charge on any atom is -0.355 e. The average molecular weight is 298 g/mol. The molecular weight excluding hydrogens is 270 g/mol. The molecule has 0 heterocycles. The number of rotatable bonds is 4. The van der Waals surface area contributed by atoms with E-state index in [-0.39, 0.29) is 5.41 Å². The van der Waals surface area contributed by atoms with Crippen molar-refractivity contribution in [2.45, 2.75) is 59.3 Å². The molecule has 4 bridgehead atoms. The Morgan fingerprint density at radius 2 is 1.80 bits per heavy atom. The number of hydrogen-bond acceptors (Lipinski definition) is 1. The first-order chi connectivity index (χ1) is 9.28. The maximum atomic E-state index is 12.8. The smallest absolute Gasteiger partial charge is 0.226 e. The summed E-state index contributed by atoms with van der Waals surface area (Å²) in [6, 6.07) is 0. The largest absolute Gasteiger partial charge is 0.355 e. The molecule has 4 aliphatic rings. The molecule has 0 aromatic rings. The van der Waals surface area contributed by atoms with Crippen molar-refractivity contribution in [2.24, 2.45) is 28.1 Å². The molecule has 4 aliphatic carbocycles. The van der Waals surface area contributed by atoms with Crippen LogP contribution in [0.4, 0.5) is 0 Å². The van der Waals surface area contributed by atoms with Gasteiger partial charge < -0.3 is 5.32 Å². The number of nitrogens with one attached hydrogen (secondary N) is 1. The van der Waals surface area contributed by atoms with Crippen LogP contribution < -0.4 is 5.32 Å². The van der Waals surface area contributed by atoms with E-state index in [2.05, 4.69) is 26.1 Å². The summed E-state index contributed by atoms with van der Waals surface area (Å²) in [6.07, 6.45) is 7.34. The Kier molecular flexibility index (Phi) is 3.40. The summed E-state index contributed by atoms with van der Waals surface area (Å²) in [7, 11) is 0. The molecule has 3 heteroatoms. The van der Waals surface area contributed by atoms with Crippen LogP contribution in [0.1, 0.15) is 59.3 Å². The van der Waals surface area contributed by atoms with Gasteiger partial charge in [-0.05, 0) is 61.2 Å². The van der Waals surface area contributed by atoms with E-state index in [1.54, 1.807) is 0 Å². The molecule has 0 spiro atoms. The molecular formula is C17H28ClNO. The summed E-state index contributed by atoms with van der Waals surface area (Å²) in [6.45, 7) is 7.65. The zero-order valence-corrected chi connectivity index (χ0v) is 13.9. The Morgan fingerprint density at radius 3 is 2.30 bits per heavy atom. The van der Waals surface area contributed by atoms with E-state index in [9.17, 15) is 4.79 Å². The van der Waals surface area contributed by atoms with Gasteiger partial charge in [0.1, 0.15) is 0 Å². The molecule has 4 saturated carbocycles. The van der Waals surface area contributed by atoms with Crippen molar-refractivity contribution >= 4 is 17.5 Å². The molecule has 3 unspecified atom stereocenters. The van der Waals surface area contributed by atoms with Crippen LogP contribution >= 0.6 is 11.6 Å². The first-order valence-electron chi connectivity index (χ1n) is 8.13. The summed E-state index contributed by atoms with van der Waals surface area (Å²) in [4.78, 5) is 12.8. The van der Waals surface area contributed by atoms with Crippen LogP contribution in [0.2, 0.25) is 0 Å². The van der Waals surface area contributed by atoms with Gasteiger partial charge in [-0.3, -0.25) is 4.79 Å². The van der Waals surface area contributed by atoms with E-state index in [1.807, 2.05) is 0 Å². The van der Waals surface area contributed by atoms with Crippen LogP contribution in [-0.4, -0.2) is 18.3 Å². The summed E-state index contributed by atoms with van der Waals surface area (Å²) in [5.74, 6) is 2.07. The fraction of sp³-hybridized carbons (Fsp3) is 0.941. The lowest BCUT2D eigenvalue weighted by Gasteiger charge is -2.64. The fourth-order valence-electron chi connectivity index (χ4n) is 6.21. The Morgan fingerprint density at radius 1 is 1.20 bits per heavy atom. The molecule has 0 aliphatic heterocycles. The summed E-state index contributed by atoms with van der Waals surface area (Å²) in [5.41, 5.74) is 0.738. The third kappa shape index (κ3) is 2.38. The predicted molar refractivity (Wildman–Crippen MR) is 82.7 cm³/mol. The van der Waals surface area contributed by atoms with Crippen molar-refractivity contribution in [1.82, 2.24) is 5.32 Å². The first kappa shape index (κ1) is 14.7. The van der Waals surface area contributed by atoms with Crippen molar-refractivity contribution in [1.29, 1.82) is 0 Å². The van der Waals surface area contributed by atoms with Crippen molar-refractivity contribution in [3.05, 3.63) is 0 Å². The number of carbonyl (C=O) groups is 1. The van der Waals surface area contributed by atoms with Crippen LogP contribution in [0.3, 0.4) is 0 Å². The van der Waals surface area contributed by atoms with Gasteiger partial charge in [-0.2, -0.15) is 0 Å².